The normalized spacial score (nSPS) is 16.0. The smallest absolute Gasteiger partial charge is 0.192 e. The first-order chi connectivity index (χ1) is 13.5. The number of rotatable bonds is 12. The summed E-state index contributed by atoms with van der Waals surface area (Å²) in [5.41, 5.74) is 1.13. The van der Waals surface area contributed by atoms with Gasteiger partial charge in [-0.15, -0.1) is 0 Å². The minimum Gasteiger partial charge on any atom is -0.497 e. The van der Waals surface area contributed by atoms with E-state index >= 15 is 0 Å². The number of ether oxygens (including phenoxy) is 2. The number of allylic oxidation sites excluding steroid dienone is 1. The summed E-state index contributed by atoms with van der Waals surface area (Å²) in [6.07, 6.45) is 5.22. The molecular weight excluding hydrogens is 380 g/mol. The molecule has 1 N–H and O–H groups in total. The van der Waals surface area contributed by atoms with Gasteiger partial charge in [0.1, 0.15) is 5.75 Å². The Balaban J connectivity index is 2.51. The van der Waals surface area contributed by atoms with E-state index in [9.17, 15) is 5.11 Å². The molecule has 1 aromatic rings. The Morgan fingerprint density at radius 1 is 1.03 bits per heavy atom. The second-order valence-electron chi connectivity index (χ2n) is 9.55. The van der Waals surface area contributed by atoms with Crippen LogP contribution in [-0.4, -0.2) is 39.9 Å². The van der Waals surface area contributed by atoms with Gasteiger partial charge in [-0.25, -0.2) is 0 Å². The lowest BCUT2D eigenvalue weighted by Gasteiger charge is -2.42. The van der Waals surface area contributed by atoms with Crippen LogP contribution in [0.3, 0.4) is 0 Å². The van der Waals surface area contributed by atoms with Crippen molar-refractivity contribution in [3.63, 3.8) is 0 Å². The first-order valence-corrected chi connectivity index (χ1v) is 13.6. The predicted molar refractivity (Wildman–Crippen MR) is 124 cm³/mol. The third kappa shape index (κ3) is 8.63. The van der Waals surface area contributed by atoms with Crippen molar-refractivity contribution in [2.24, 2.45) is 11.8 Å². The van der Waals surface area contributed by atoms with Gasteiger partial charge in [0.05, 0.1) is 26.4 Å². The molecule has 3 atom stereocenters. The first kappa shape index (κ1) is 25.9. The van der Waals surface area contributed by atoms with Crippen molar-refractivity contribution in [2.45, 2.75) is 71.9 Å². The average Bonchev–Trinajstić information content (AvgIpc) is 2.67. The topological polar surface area (TPSA) is 47.9 Å². The van der Waals surface area contributed by atoms with E-state index in [4.69, 9.17) is 13.9 Å². The molecule has 4 nitrogen and oxygen atoms in total. The molecule has 0 unspecified atom stereocenters. The molecule has 0 aromatic heterocycles. The summed E-state index contributed by atoms with van der Waals surface area (Å²) < 4.78 is 17.6. The molecule has 1 rings (SSSR count). The molecule has 29 heavy (non-hydrogen) atoms. The lowest BCUT2D eigenvalue weighted by atomic mass is 9.91. The second-order valence-corrected chi connectivity index (χ2v) is 14.3. The summed E-state index contributed by atoms with van der Waals surface area (Å²) in [5.74, 6) is 1.32. The Morgan fingerprint density at radius 2 is 1.66 bits per heavy atom. The molecule has 0 saturated heterocycles. The van der Waals surface area contributed by atoms with Crippen LogP contribution in [0, 0.1) is 11.8 Å². The number of aliphatic hydroxyl groups excluding tert-OH is 1. The summed E-state index contributed by atoms with van der Waals surface area (Å²) in [7, 11) is -0.216. The molecule has 0 spiro atoms. The van der Waals surface area contributed by atoms with E-state index < -0.39 is 8.32 Å². The zero-order valence-corrected chi connectivity index (χ0v) is 20.7. The minimum atomic E-state index is -1.88. The monoisotopic (exact) mass is 422 g/mol. The van der Waals surface area contributed by atoms with Crippen LogP contribution in [0.4, 0.5) is 0 Å². The van der Waals surface area contributed by atoms with Crippen LogP contribution in [-0.2, 0) is 15.8 Å². The van der Waals surface area contributed by atoms with Gasteiger partial charge in [-0.05, 0) is 48.2 Å². The van der Waals surface area contributed by atoms with Crippen molar-refractivity contribution in [3.8, 4) is 5.75 Å². The van der Waals surface area contributed by atoms with Crippen molar-refractivity contribution in [1.82, 2.24) is 0 Å². The van der Waals surface area contributed by atoms with E-state index in [-0.39, 0.29) is 23.7 Å². The van der Waals surface area contributed by atoms with Gasteiger partial charge in [0.15, 0.2) is 8.32 Å². The van der Waals surface area contributed by atoms with E-state index in [0.717, 1.165) is 17.7 Å². The van der Waals surface area contributed by atoms with Crippen LogP contribution in [0.25, 0.3) is 0 Å². The van der Waals surface area contributed by atoms with Crippen molar-refractivity contribution in [1.29, 1.82) is 0 Å². The lowest BCUT2D eigenvalue weighted by Crippen LogP contribution is -2.47. The van der Waals surface area contributed by atoms with E-state index in [1.54, 1.807) is 7.11 Å². The fourth-order valence-corrected chi connectivity index (χ4v) is 4.39. The van der Waals surface area contributed by atoms with E-state index in [2.05, 4.69) is 59.9 Å². The maximum absolute atomic E-state index is 9.73. The fourth-order valence-electron chi connectivity index (χ4n) is 2.89. The summed E-state index contributed by atoms with van der Waals surface area (Å²) in [6.45, 7) is 16.9. The van der Waals surface area contributed by atoms with Gasteiger partial charge in [0.2, 0.25) is 0 Å². The van der Waals surface area contributed by atoms with Crippen molar-refractivity contribution in [2.75, 3.05) is 20.3 Å². The minimum absolute atomic E-state index is 0.0609. The molecule has 0 aliphatic carbocycles. The molecule has 0 heterocycles. The molecular formula is C24H42O4Si. The summed E-state index contributed by atoms with van der Waals surface area (Å²) in [6, 6.07) is 7.93. The Labute approximate surface area is 179 Å². The zero-order chi connectivity index (χ0) is 22.1. The molecule has 0 aliphatic rings. The fraction of sp³-hybridized carbons (Fsp3) is 0.667. The standard InChI is InChI=1S/C24H42O4Si/c1-19(23(20(2)17-25)28-29(7,8)24(3,4)5)11-9-10-16-27-18-21-12-14-22(26-6)15-13-21/h9-10,12-15,19-20,23,25H,11,16-18H2,1-8H3/b10-9-/t19-,20-,23-/m1/s1. The highest BCUT2D eigenvalue weighted by Gasteiger charge is 2.41. The summed E-state index contributed by atoms with van der Waals surface area (Å²) >= 11 is 0. The van der Waals surface area contributed by atoms with E-state index in [1.165, 1.54) is 0 Å². The average molecular weight is 423 g/mol. The first-order valence-electron chi connectivity index (χ1n) is 10.7. The Kier molecular flexibility index (Phi) is 10.6. The molecule has 0 radical (unpaired) electrons. The number of aliphatic hydroxyl groups is 1. The van der Waals surface area contributed by atoms with Gasteiger partial charge in [-0.3, -0.25) is 0 Å². The molecule has 1 aromatic carbocycles. The van der Waals surface area contributed by atoms with Crippen LogP contribution in [0.15, 0.2) is 36.4 Å². The van der Waals surface area contributed by atoms with Crippen molar-refractivity contribution >= 4 is 8.32 Å². The largest absolute Gasteiger partial charge is 0.497 e. The molecule has 0 aliphatic heterocycles. The number of methoxy groups -OCH3 is 1. The molecule has 0 fully saturated rings. The number of hydrogen-bond acceptors (Lipinski definition) is 4. The Bertz CT molecular complexity index is 604. The highest BCUT2D eigenvalue weighted by Crippen LogP contribution is 2.39. The number of benzene rings is 1. The zero-order valence-electron chi connectivity index (χ0n) is 19.7. The highest BCUT2D eigenvalue weighted by molar-refractivity contribution is 6.74. The van der Waals surface area contributed by atoms with Crippen LogP contribution < -0.4 is 4.74 Å². The van der Waals surface area contributed by atoms with Gasteiger partial charge in [-0.2, -0.15) is 0 Å². The third-order valence-electron chi connectivity index (χ3n) is 5.96. The van der Waals surface area contributed by atoms with Gasteiger partial charge in [0.25, 0.3) is 0 Å². The molecule has 166 valence electrons. The van der Waals surface area contributed by atoms with Crippen LogP contribution in [0.1, 0.15) is 46.6 Å². The third-order valence-corrected chi connectivity index (χ3v) is 10.4. The van der Waals surface area contributed by atoms with Gasteiger partial charge in [0, 0.05) is 12.5 Å². The van der Waals surface area contributed by atoms with E-state index in [1.807, 2.05) is 24.3 Å². The van der Waals surface area contributed by atoms with Gasteiger partial charge < -0.3 is 19.0 Å². The molecule has 0 saturated carbocycles. The Morgan fingerprint density at radius 3 is 2.17 bits per heavy atom. The van der Waals surface area contributed by atoms with Gasteiger partial charge in [-0.1, -0.05) is 58.9 Å². The highest BCUT2D eigenvalue weighted by atomic mass is 28.4. The summed E-state index contributed by atoms with van der Waals surface area (Å²) in [4.78, 5) is 0. The van der Waals surface area contributed by atoms with E-state index in [0.29, 0.717) is 19.1 Å². The quantitative estimate of drug-likeness (QED) is 0.262. The Hall–Kier alpha value is -1.14. The molecule has 0 amide bonds. The summed E-state index contributed by atoms with van der Waals surface area (Å²) in [5, 5.41) is 9.88. The predicted octanol–water partition coefficient (Wildman–Crippen LogP) is 5.81. The van der Waals surface area contributed by atoms with Crippen molar-refractivity contribution < 1.29 is 19.0 Å². The molecule has 0 bridgehead atoms. The maximum Gasteiger partial charge on any atom is 0.192 e. The van der Waals surface area contributed by atoms with Crippen LogP contribution in [0.2, 0.25) is 18.1 Å². The van der Waals surface area contributed by atoms with Crippen molar-refractivity contribution in [3.05, 3.63) is 42.0 Å². The SMILES string of the molecule is COc1ccc(COC/C=C\C[C@@H](C)[C@@H](O[Si](C)(C)C(C)(C)C)[C@H](C)CO)cc1. The maximum atomic E-state index is 9.73. The second kappa shape index (κ2) is 11.9. The lowest BCUT2D eigenvalue weighted by molar-refractivity contribution is 0.0466. The molecule has 5 heteroatoms. The van der Waals surface area contributed by atoms with Crippen LogP contribution in [0.5, 0.6) is 5.75 Å². The van der Waals surface area contributed by atoms with Crippen LogP contribution >= 0.6 is 0 Å². The number of hydrogen-bond donors (Lipinski definition) is 1. The van der Waals surface area contributed by atoms with Gasteiger partial charge >= 0.3 is 0 Å².